The number of benzene rings is 1. The maximum absolute atomic E-state index is 11.4. The van der Waals surface area contributed by atoms with Crippen molar-refractivity contribution in [2.24, 2.45) is 0 Å². The van der Waals surface area contributed by atoms with E-state index in [9.17, 15) is 4.79 Å². The van der Waals surface area contributed by atoms with Gasteiger partial charge in [-0.25, -0.2) is 0 Å². The molecule has 0 radical (unpaired) electrons. The highest BCUT2D eigenvalue weighted by Crippen LogP contribution is 2.31. The average molecular weight is 243 g/mol. The van der Waals surface area contributed by atoms with Crippen LogP contribution in [0.5, 0.6) is 0 Å². The van der Waals surface area contributed by atoms with Gasteiger partial charge in [-0.05, 0) is 32.8 Å². The van der Waals surface area contributed by atoms with E-state index in [0.717, 1.165) is 29.6 Å². The lowest BCUT2D eigenvalue weighted by atomic mass is 9.90. The topological polar surface area (TPSA) is 42.2 Å². The zero-order chi connectivity index (χ0) is 12.8. The van der Waals surface area contributed by atoms with Crippen LogP contribution in [0.3, 0.4) is 0 Å². The van der Waals surface area contributed by atoms with Crippen LogP contribution in [0.1, 0.15) is 31.1 Å². The van der Waals surface area contributed by atoms with Crippen LogP contribution in [0.2, 0.25) is 0 Å². The largest absolute Gasteiger partial charge is 0.461 e. The Morgan fingerprint density at radius 1 is 1.39 bits per heavy atom. The van der Waals surface area contributed by atoms with Gasteiger partial charge in [0.15, 0.2) is 0 Å². The summed E-state index contributed by atoms with van der Waals surface area (Å²) in [5, 5.41) is 4.24. The van der Waals surface area contributed by atoms with Gasteiger partial charge in [0.05, 0.1) is 0 Å². The summed E-state index contributed by atoms with van der Waals surface area (Å²) in [6.07, 6.45) is 2.36. The lowest BCUT2D eigenvalue weighted by molar-refractivity contribution is -0.119. The fourth-order valence-electron chi connectivity index (χ4n) is 2.81. The van der Waals surface area contributed by atoms with Gasteiger partial charge in [0.25, 0.3) is 0 Å². The Kier molecular flexibility index (Phi) is 2.44. The molecule has 0 bridgehead atoms. The molecule has 1 saturated heterocycles. The van der Waals surface area contributed by atoms with E-state index in [1.165, 1.54) is 5.56 Å². The molecule has 1 N–H and O–H groups in total. The first-order chi connectivity index (χ1) is 8.57. The number of para-hydroxylation sites is 1. The Morgan fingerprint density at radius 2 is 2.17 bits per heavy atom. The number of aryl methyl sites for hydroxylation is 1. The first-order valence-electron chi connectivity index (χ1n) is 6.35. The summed E-state index contributed by atoms with van der Waals surface area (Å²) in [4.78, 5) is 11.4. The molecule has 0 saturated carbocycles. The second-order valence-electron chi connectivity index (χ2n) is 5.42. The molecular weight excluding hydrogens is 226 g/mol. The third-order valence-electron chi connectivity index (χ3n) is 3.81. The summed E-state index contributed by atoms with van der Waals surface area (Å²) < 4.78 is 5.77. The van der Waals surface area contributed by atoms with Crippen molar-refractivity contribution in [2.75, 3.05) is 0 Å². The van der Waals surface area contributed by atoms with E-state index in [1.807, 2.05) is 25.1 Å². The van der Waals surface area contributed by atoms with Crippen molar-refractivity contribution in [1.82, 2.24) is 5.32 Å². The summed E-state index contributed by atoms with van der Waals surface area (Å²) >= 11 is 0. The molecule has 1 aliphatic rings. The van der Waals surface area contributed by atoms with Crippen molar-refractivity contribution >= 4 is 16.9 Å². The summed E-state index contributed by atoms with van der Waals surface area (Å²) in [6.45, 7) is 4.11. The molecule has 2 heterocycles. The van der Waals surface area contributed by atoms with E-state index >= 15 is 0 Å². The van der Waals surface area contributed by atoms with Crippen molar-refractivity contribution < 1.29 is 9.21 Å². The Morgan fingerprint density at radius 3 is 2.89 bits per heavy atom. The Balaban J connectivity index is 2.00. The zero-order valence-electron chi connectivity index (χ0n) is 10.7. The number of rotatable bonds is 2. The highest BCUT2D eigenvalue weighted by Gasteiger charge is 2.34. The fraction of sp³-hybridized carbons (Fsp3) is 0.400. The summed E-state index contributed by atoms with van der Waals surface area (Å²) in [5.41, 5.74) is 2.02. The second kappa shape index (κ2) is 3.87. The molecule has 3 heteroatoms. The lowest BCUT2D eigenvalue weighted by Crippen LogP contribution is -2.40. The number of amides is 1. The number of nitrogens with one attached hydrogen (secondary N) is 1. The minimum atomic E-state index is -0.130. The van der Waals surface area contributed by atoms with Gasteiger partial charge in [0.2, 0.25) is 5.91 Å². The zero-order valence-corrected chi connectivity index (χ0v) is 10.7. The third-order valence-corrected chi connectivity index (χ3v) is 3.81. The van der Waals surface area contributed by atoms with Gasteiger partial charge in [-0.15, -0.1) is 0 Å². The molecule has 94 valence electrons. The standard InChI is InChI=1S/C15H17NO2/c1-10-12(9-15(2)8-7-14(17)16-15)11-5-3-4-6-13(11)18-10/h3-6H,7-9H2,1-2H3,(H,16,17). The number of carbonyl (C=O) groups is 1. The number of hydrogen-bond acceptors (Lipinski definition) is 2. The normalized spacial score (nSPS) is 23.6. The Bertz CT molecular complexity index is 614. The summed E-state index contributed by atoms with van der Waals surface area (Å²) in [6, 6.07) is 8.08. The van der Waals surface area contributed by atoms with Gasteiger partial charge in [-0.3, -0.25) is 4.79 Å². The first-order valence-corrected chi connectivity index (χ1v) is 6.35. The van der Waals surface area contributed by atoms with E-state index in [4.69, 9.17) is 4.42 Å². The molecule has 18 heavy (non-hydrogen) atoms. The molecule has 2 aromatic rings. The van der Waals surface area contributed by atoms with Crippen LogP contribution in [-0.4, -0.2) is 11.4 Å². The first kappa shape index (κ1) is 11.3. The number of fused-ring (bicyclic) bond motifs is 1. The van der Waals surface area contributed by atoms with E-state index in [0.29, 0.717) is 6.42 Å². The maximum atomic E-state index is 11.4. The maximum Gasteiger partial charge on any atom is 0.220 e. The van der Waals surface area contributed by atoms with Gasteiger partial charge in [0.1, 0.15) is 11.3 Å². The molecule has 1 aliphatic heterocycles. The van der Waals surface area contributed by atoms with Crippen LogP contribution in [0, 0.1) is 6.92 Å². The molecule has 3 nitrogen and oxygen atoms in total. The number of hydrogen-bond donors (Lipinski definition) is 1. The molecule has 1 aromatic heterocycles. The molecule has 3 rings (SSSR count). The molecule has 1 amide bonds. The molecule has 1 fully saturated rings. The quantitative estimate of drug-likeness (QED) is 0.881. The van der Waals surface area contributed by atoms with Crippen LogP contribution >= 0.6 is 0 Å². The lowest BCUT2D eigenvalue weighted by Gasteiger charge is -2.23. The predicted octanol–water partition coefficient (Wildman–Crippen LogP) is 2.95. The van der Waals surface area contributed by atoms with Crippen molar-refractivity contribution in [3.63, 3.8) is 0 Å². The van der Waals surface area contributed by atoms with Crippen LogP contribution in [0.15, 0.2) is 28.7 Å². The molecule has 0 spiro atoms. The molecule has 0 aliphatic carbocycles. The number of carbonyl (C=O) groups excluding carboxylic acids is 1. The smallest absolute Gasteiger partial charge is 0.220 e. The van der Waals surface area contributed by atoms with E-state index in [1.54, 1.807) is 0 Å². The minimum Gasteiger partial charge on any atom is -0.461 e. The van der Waals surface area contributed by atoms with Crippen LogP contribution in [-0.2, 0) is 11.2 Å². The van der Waals surface area contributed by atoms with E-state index in [-0.39, 0.29) is 11.4 Å². The Labute approximate surface area is 106 Å². The summed E-state index contributed by atoms with van der Waals surface area (Å²) in [7, 11) is 0. The summed E-state index contributed by atoms with van der Waals surface area (Å²) in [5.74, 6) is 1.11. The monoisotopic (exact) mass is 243 g/mol. The van der Waals surface area contributed by atoms with Gasteiger partial charge in [-0.2, -0.15) is 0 Å². The molecule has 1 unspecified atom stereocenters. The van der Waals surface area contributed by atoms with Crippen molar-refractivity contribution in [2.45, 2.75) is 38.6 Å². The van der Waals surface area contributed by atoms with Crippen molar-refractivity contribution in [3.8, 4) is 0 Å². The van der Waals surface area contributed by atoms with E-state index < -0.39 is 0 Å². The van der Waals surface area contributed by atoms with Gasteiger partial charge in [0, 0.05) is 22.9 Å². The fourth-order valence-corrected chi connectivity index (χ4v) is 2.81. The van der Waals surface area contributed by atoms with Gasteiger partial charge >= 0.3 is 0 Å². The average Bonchev–Trinajstić information content (AvgIpc) is 2.82. The van der Waals surface area contributed by atoms with Crippen molar-refractivity contribution in [3.05, 3.63) is 35.6 Å². The third kappa shape index (κ3) is 1.80. The van der Waals surface area contributed by atoms with Gasteiger partial charge < -0.3 is 9.73 Å². The minimum absolute atomic E-state index is 0.130. The predicted molar refractivity (Wildman–Crippen MR) is 70.4 cm³/mol. The molecule has 1 aromatic carbocycles. The van der Waals surface area contributed by atoms with Crippen LogP contribution in [0.4, 0.5) is 0 Å². The Hall–Kier alpha value is -1.77. The van der Waals surface area contributed by atoms with Crippen LogP contribution in [0.25, 0.3) is 11.0 Å². The van der Waals surface area contributed by atoms with Gasteiger partial charge in [-0.1, -0.05) is 18.2 Å². The van der Waals surface area contributed by atoms with Crippen molar-refractivity contribution in [1.29, 1.82) is 0 Å². The highest BCUT2D eigenvalue weighted by atomic mass is 16.3. The number of furan rings is 1. The molecular formula is C15H17NO2. The SMILES string of the molecule is Cc1oc2ccccc2c1CC1(C)CCC(=O)N1. The van der Waals surface area contributed by atoms with E-state index in [2.05, 4.69) is 18.3 Å². The van der Waals surface area contributed by atoms with Crippen LogP contribution < -0.4 is 5.32 Å². The highest BCUT2D eigenvalue weighted by molar-refractivity contribution is 5.83. The second-order valence-corrected chi connectivity index (χ2v) is 5.42. The molecule has 1 atom stereocenters.